The van der Waals surface area contributed by atoms with Gasteiger partial charge in [0.1, 0.15) is 5.02 Å². The molecule has 5 nitrogen and oxygen atoms in total. The molecule has 100 valence electrons. The van der Waals surface area contributed by atoms with E-state index in [2.05, 4.69) is 20.7 Å². The number of anilines is 2. The first-order chi connectivity index (χ1) is 8.79. The maximum atomic E-state index is 6.02. The fraction of sp³-hybridized carbons (Fsp3) is 0.667. The Balaban J connectivity index is 1.81. The summed E-state index contributed by atoms with van der Waals surface area (Å²) in [6, 6.07) is 0. The van der Waals surface area contributed by atoms with Crippen LogP contribution in [0, 0.1) is 5.92 Å². The van der Waals surface area contributed by atoms with Gasteiger partial charge in [-0.1, -0.05) is 43.7 Å². The predicted octanol–water partition coefficient (Wildman–Crippen LogP) is 2.80. The fourth-order valence-corrected chi connectivity index (χ4v) is 2.59. The monoisotopic (exact) mass is 269 g/mol. The Kier molecular flexibility index (Phi) is 5.01. The molecule has 1 saturated carbocycles. The molecule has 4 N–H and O–H groups in total. The van der Waals surface area contributed by atoms with E-state index < -0.39 is 0 Å². The maximum absolute atomic E-state index is 6.02. The van der Waals surface area contributed by atoms with Gasteiger partial charge >= 0.3 is 0 Å². The summed E-state index contributed by atoms with van der Waals surface area (Å²) in [5.41, 5.74) is 2.41. The van der Waals surface area contributed by atoms with Crippen LogP contribution in [0.15, 0.2) is 6.20 Å². The molecule has 0 saturated heterocycles. The van der Waals surface area contributed by atoms with E-state index in [4.69, 9.17) is 17.4 Å². The highest BCUT2D eigenvalue weighted by Gasteiger charge is 2.13. The van der Waals surface area contributed by atoms with Gasteiger partial charge in [-0.3, -0.25) is 5.43 Å². The zero-order valence-corrected chi connectivity index (χ0v) is 11.2. The van der Waals surface area contributed by atoms with Gasteiger partial charge in [-0.25, -0.2) is 10.8 Å². The second-order valence-corrected chi connectivity index (χ2v) is 5.16. The Labute approximate surface area is 112 Å². The highest BCUT2D eigenvalue weighted by molar-refractivity contribution is 6.32. The molecular formula is C12H20ClN5. The fourth-order valence-electron chi connectivity index (χ4n) is 2.43. The summed E-state index contributed by atoms with van der Waals surface area (Å²) in [4.78, 5) is 8.12. The van der Waals surface area contributed by atoms with Crippen LogP contribution in [0.2, 0.25) is 5.02 Å². The van der Waals surface area contributed by atoms with E-state index >= 15 is 0 Å². The first-order valence-corrected chi connectivity index (χ1v) is 6.90. The van der Waals surface area contributed by atoms with E-state index in [9.17, 15) is 0 Å². The lowest BCUT2D eigenvalue weighted by Gasteiger charge is -2.21. The van der Waals surface area contributed by atoms with E-state index in [1.807, 2.05) is 0 Å². The number of nitrogen functional groups attached to an aromatic ring is 1. The Bertz CT molecular complexity index is 379. The number of nitrogens with two attached hydrogens (primary N) is 1. The molecule has 0 unspecified atom stereocenters. The lowest BCUT2D eigenvalue weighted by Crippen LogP contribution is -2.15. The van der Waals surface area contributed by atoms with E-state index in [1.165, 1.54) is 38.5 Å². The Hall–Kier alpha value is -1.07. The quantitative estimate of drug-likeness (QED) is 0.566. The summed E-state index contributed by atoms with van der Waals surface area (Å²) in [6.07, 6.45) is 9.58. The van der Waals surface area contributed by atoms with Crippen molar-refractivity contribution in [1.29, 1.82) is 0 Å². The number of hydrazine groups is 1. The van der Waals surface area contributed by atoms with Crippen LogP contribution in [-0.2, 0) is 0 Å². The molecule has 1 aromatic heterocycles. The lowest BCUT2D eigenvalue weighted by molar-refractivity contribution is 0.345. The third kappa shape index (κ3) is 3.71. The maximum Gasteiger partial charge on any atom is 0.239 e. The van der Waals surface area contributed by atoms with Crippen LogP contribution in [0.1, 0.15) is 38.5 Å². The Morgan fingerprint density at radius 2 is 2.11 bits per heavy atom. The first kappa shape index (κ1) is 13.4. The molecule has 18 heavy (non-hydrogen) atoms. The van der Waals surface area contributed by atoms with Crippen LogP contribution in [0.3, 0.4) is 0 Å². The number of aromatic nitrogens is 2. The van der Waals surface area contributed by atoms with Crippen molar-refractivity contribution in [2.45, 2.75) is 38.5 Å². The molecule has 2 rings (SSSR count). The van der Waals surface area contributed by atoms with Crippen LogP contribution in [-0.4, -0.2) is 16.5 Å². The van der Waals surface area contributed by atoms with Crippen molar-refractivity contribution in [3.63, 3.8) is 0 Å². The molecule has 0 atom stereocenters. The minimum Gasteiger partial charge on any atom is -0.369 e. The SMILES string of the molecule is NNc1ncc(Cl)c(NCCC2CCCCC2)n1. The zero-order chi connectivity index (χ0) is 12.8. The van der Waals surface area contributed by atoms with E-state index in [0.29, 0.717) is 16.8 Å². The smallest absolute Gasteiger partial charge is 0.239 e. The Morgan fingerprint density at radius 3 is 2.83 bits per heavy atom. The van der Waals surface area contributed by atoms with Gasteiger partial charge in [-0.05, 0) is 12.3 Å². The highest BCUT2D eigenvalue weighted by Crippen LogP contribution is 2.26. The molecule has 1 aromatic rings. The molecule has 0 spiro atoms. The third-order valence-corrected chi connectivity index (χ3v) is 3.72. The number of rotatable bonds is 5. The minimum absolute atomic E-state index is 0.375. The van der Waals surface area contributed by atoms with Crippen molar-refractivity contribution in [3.8, 4) is 0 Å². The van der Waals surface area contributed by atoms with Gasteiger partial charge in [-0.2, -0.15) is 4.98 Å². The third-order valence-electron chi connectivity index (χ3n) is 3.44. The van der Waals surface area contributed by atoms with Crippen LogP contribution in [0.4, 0.5) is 11.8 Å². The molecule has 0 amide bonds. The number of hydrogen-bond acceptors (Lipinski definition) is 5. The summed E-state index contributed by atoms with van der Waals surface area (Å²) in [7, 11) is 0. The van der Waals surface area contributed by atoms with Gasteiger partial charge in [-0.15, -0.1) is 0 Å². The van der Waals surface area contributed by atoms with Gasteiger partial charge in [0, 0.05) is 6.54 Å². The summed E-state index contributed by atoms with van der Waals surface area (Å²) in [5, 5.41) is 3.78. The Morgan fingerprint density at radius 1 is 1.33 bits per heavy atom. The summed E-state index contributed by atoms with van der Waals surface area (Å²) in [6.45, 7) is 0.894. The molecule has 0 aromatic carbocycles. The lowest BCUT2D eigenvalue weighted by atomic mass is 9.87. The molecule has 1 fully saturated rings. The van der Waals surface area contributed by atoms with Crippen molar-refractivity contribution in [3.05, 3.63) is 11.2 Å². The number of nitrogens with zero attached hydrogens (tertiary/aromatic N) is 2. The van der Waals surface area contributed by atoms with Gasteiger partial charge < -0.3 is 5.32 Å². The van der Waals surface area contributed by atoms with E-state index in [-0.39, 0.29) is 0 Å². The van der Waals surface area contributed by atoms with Crippen LogP contribution in [0.5, 0.6) is 0 Å². The normalized spacial score (nSPS) is 16.6. The average Bonchev–Trinajstić information content (AvgIpc) is 2.42. The molecular weight excluding hydrogens is 250 g/mol. The van der Waals surface area contributed by atoms with E-state index in [0.717, 1.165) is 12.5 Å². The minimum atomic E-state index is 0.375. The van der Waals surface area contributed by atoms with E-state index in [1.54, 1.807) is 6.20 Å². The van der Waals surface area contributed by atoms with Crippen molar-refractivity contribution in [2.75, 3.05) is 17.3 Å². The standard InChI is InChI=1S/C12H20ClN5/c13-10-8-16-12(18-14)17-11(10)15-7-6-9-4-2-1-3-5-9/h8-9H,1-7,14H2,(H2,15,16,17,18). The van der Waals surface area contributed by atoms with Crippen molar-refractivity contribution >= 4 is 23.4 Å². The molecule has 1 heterocycles. The van der Waals surface area contributed by atoms with Gasteiger partial charge in [0.2, 0.25) is 5.95 Å². The summed E-state index contributed by atoms with van der Waals surface area (Å²) >= 11 is 6.02. The molecule has 6 heteroatoms. The van der Waals surface area contributed by atoms with Gasteiger partial charge in [0.05, 0.1) is 6.20 Å². The summed E-state index contributed by atoms with van der Waals surface area (Å²) in [5.74, 6) is 7.14. The second kappa shape index (κ2) is 6.75. The van der Waals surface area contributed by atoms with Crippen LogP contribution < -0.4 is 16.6 Å². The predicted molar refractivity (Wildman–Crippen MR) is 74.5 cm³/mol. The molecule has 1 aliphatic carbocycles. The first-order valence-electron chi connectivity index (χ1n) is 6.52. The van der Waals surface area contributed by atoms with Crippen LogP contribution in [0.25, 0.3) is 0 Å². The number of hydrogen-bond donors (Lipinski definition) is 3. The topological polar surface area (TPSA) is 75.9 Å². The van der Waals surface area contributed by atoms with Crippen molar-refractivity contribution < 1.29 is 0 Å². The molecule has 0 aliphatic heterocycles. The molecule has 0 bridgehead atoms. The largest absolute Gasteiger partial charge is 0.369 e. The molecule has 0 radical (unpaired) electrons. The van der Waals surface area contributed by atoms with Gasteiger partial charge in [0.25, 0.3) is 0 Å². The van der Waals surface area contributed by atoms with Crippen molar-refractivity contribution in [2.24, 2.45) is 11.8 Å². The highest BCUT2D eigenvalue weighted by atomic mass is 35.5. The zero-order valence-electron chi connectivity index (χ0n) is 10.5. The second-order valence-electron chi connectivity index (χ2n) is 4.75. The summed E-state index contributed by atoms with van der Waals surface area (Å²) < 4.78 is 0. The van der Waals surface area contributed by atoms with Crippen molar-refractivity contribution in [1.82, 2.24) is 9.97 Å². The van der Waals surface area contributed by atoms with Gasteiger partial charge in [0.15, 0.2) is 5.82 Å². The average molecular weight is 270 g/mol. The van der Waals surface area contributed by atoms with Crippen LogP contribution >= 0.6 is 11.6 Å². The number of nitrogens with one attached hydrogen (secondary N) is 2. The molecule has 1 aliphatic rings. The number of halogens is 1.